The van der Waals surface area contributed by atoms with Gasteiger partial charge < -0.3 is 19.6 Å². The SMILES string of the molecule is COc1ccccc1N1CCN(C(=O)CCO)CC1. The second-order valence-corrected chi connectivity index (χ2v) is 4.51. The van der Waals surface area contributed by atoms with Crippen LogP contribution < -0.4 is 9.64 Å². The maximum absolute atomic E-state index is 11.7. The van der Waals surface area contributed by atoms with Crippen LogP contribution in [0, 0.1) is 0 Å². The lowest BCUT2D eigenvalue weighted by Crippen LogP contribution is -2.49. The topological polar surface area (TPSA) is 53.0 Å². The minimum atomic E-state index is -0.0778. The molecule has 0 aromatic heterocycles. The quantitative estimate of drug-likeness (QED) is 0.871. The average molecular weight is 264 g/mol. The highest BCUT2D eigenvalue weighted by atomic mass is 16.5. The van der Waals surface area contributed by atoms with Crippen molar-refractivity contribution < 1.29 is 14.6 Å². The Morgan fingerprint density at radius 2 is 1.95 bits per heavy atom. The molecule has 1 aromatic rings. The lowest BCUT2D eigenvalue weighted by Gasteiger charge is -2.36. The molecule has 1 amide bonds. The summed E-state index contributed by atoms with van der Waals surface area (Å²) in [6.45, 7) is 2.88. The number of methoxy groups -OCH3 is 1. The van der Waals surface area contributed by atoms with E-state index in [1.54, 1.807) is 7.11 Å². The highest BCUT2D eigenvalue weighted by Crippen LogP contribution is 2.28. The molecule has 0 aliphatic carbocycles. The number of amides is 1. The number of piperazine rings is 1. The fourth-order valence-corrected chi connectivity index (χ4v) is 2.34. The van der Waals surface area contributed by atoms with Crippen molar-refractivity contribution in [2.45, 2.75) is 6.42 Å². The standard InChI is InChI=1S/C14H20N2O3/c1-19-13-5-3-2-4-12(13)15-7-9-16(10-8-15)14(18)6-11-17/h2-5,17H,6-11H2,1H3. The normalized spacial score (nSPS) is 15.5. The molecule has 0 bridgehead atoms. The Labute approximate surface area is 113 Å². The molecular formula is C14H20N2O3. The predicted octanol–water partition coefficient (Wildman–Crippen LogP) is 0.726. The third-order valence-electron chi connectivity index (χ3n) is 3.38. The first-order chi connectivity index (χ1) is 9.26. The van der Waals surface area contributed by atoms with Gasteiger partial charge in [-0.1, -0.05) is 12.1 Å². The number of rotatable bonds is 4. The van der Waals surface area contributed by atoms with Crippen LogP contribution in [0.4, 0.5) is 5.69 Å². The largest absolute Gasteiger partial charge is 0.495 e. The summed E-state index contributed by atoms with van der Waals surface area (Å²) in [6, 6.07) is 7.91. The number of nitrogens with zero attached hydrogens (tertiary/aromatic N) is 2. The van der Waals surface area contributed by atoms with Crippen molar-refractivity contribution in [3.05, 3.63) is 24.3 Å². The first-order valence-electron chi connectivity index (χ1n) is 6.53. The van der Waals surface area contributed by atoms with E-state index in [-0.39, 0.29) is 18.9 Å². The minimum absolute atomic E-state index is 0.0298. The second-order valence-electron chi connectivity index (χ2n) is 4.51. The fourth-order valence-electron chi connectivity index (χ4n) is 2.34. The van der Waals surface area contributed by atoms with E-state index < -0.39 is 0 Å². The van der Waals surface area contributed by atoms with E-state index in [0.29, 0.717) is 13.1 Å². The van der Waals surface area contributed by atoms with Gasteiger partial charge in [0.25, 0.3) is 0 Å². The van der Waals surface area contributed by atoms with Crippen molar-refractivity contribution in [3.8, 4) is 5.75 Å². The van der Waals surface area contributed by atoms with Crippen LogP contribution in [0.3, 0.4) is 0 Å². The van der Waals surface area contributed by atoms with Crippen molar-refractivity contribution >= 4 is 11.6 Å². The molecule has 1 aromatic carbocycles. The molecule has 5 nitrogen and oxygen atoms in total. The first-order valence-corrected chi connectivity index (χ1v) is 6.53. The molecule has 0 radical (unpaired) electrons. The molecule has 1 N–H and O–H groups in total. The van der Waals surface area contributed by atoms with Gasteiger partial charge in [0.2, 0.25) is 5.91 Å². The Morgan fingerprint density at radius 3 is 2.58 bits per heavy atom. The third kappa shape index (κ3) is 3.17. The summed E-state index contributed by atoms with van der Waals surface area (Å²) in [7, 11) is 1.67. The summed E-state index contributed by atoms with van der Waals surface area (Å²) < 4.78 is 5.36. The molecule has 0 saturated carbocycles. The number of para-hydroxylation sites is 2. The summed E-state index contributed by atoms with van der Waals surface area (Å²) in [4.78, 5) is 15.7. The van der Waals surface area contributed by atoms with Gasteiger partial charge in [0.1, 0.15) is 5.75 Å². The number of aliphatic hydroxyl groups excluding tert-OH is 1. The lowest BCUT2D eigenvalue weighted by molar-refractivity contribution is -0.132. The Hall–Kier alpha value is -1.75. The molecule has 1 aliphatic rings. The van der Waals surface area contributed by atoms with Crippen LogP contribution in [0.15, 0.2) is 24.3 Å². The molecule has 19 heavy (non-hydrogen) atoms. The van der Waals surface area contributed by atoms with Crippen LogP contribution in [0.25, 0.3) is 0 Å². The molecule has 0 unspecified atom stereocenters. The fraction of sp³-hybridized carbons (Fsp3) is 0.500. The lowest BCUT2D eigenvalue weighted by atomic mass is 10.2. The van der Waals surface area contributed by atoms with E-state index in [9.17, 15) is 4.79 Å². The molecule has 2 rings (SSSR count). The first kappa shape index (κ1) is 13.7. The van der Waals surface area contributed by atoms with E-state index in [0.717, 1.165) is 24.5 Å². The number of ether oxygens (including phenoxy) is 1. The van der Waals surface area contributed by atoms with E-state index in [1.165, 1.54) is 0 Å². The number of hydrogen-bond donors (Lipinski definition) is 1. The van der Waals surface area contributed by atoms with Crippen molar-refractivity contribution in [1.29, 1.82) is 0 Å². The molecule has 0 spiro atoms. The molecule has 1 fully saturated rings. The molecule has 1 saturated heterocycles. The Bertz CT molecular complexity index is 428. The average Bonchev–Trinajstić information content (AvgIpc) is 2.47. The minimum Gasteiger partial charge on any atom is -0.495 e. The summed E-state index contributed by atoms with van der Waals surface area (Å²) in [5, 5.41) is 8.79. The van der Waals surface area contributed by atoms with E-state index in [4.69, 9.17) is 9.84 Å². The summed E-state index contributed by atoms with van der Waals surface area (Å²) in [5.41, 5.74) is 1.07. The molecule has 104 valence electrons. The van der Waals surface area contributed by atoms with Gasteiger partial charge in [-0.05, 0) is 12.1 Å². The Morgan fingerprint density at radius 1 is 1.26 bits per heavy atom. The highest BCUT2D eigenvalue weighted by Gasteiger charge is 2.22. The number of carbonyl (C=O) groups excluding carboxylic acids is 1. The summed E-state index contributed by atoms with van der Waals surface area (Å²) in [6.07, 6.45) is 0.217. The zero-order chi connectivity index (χ0) is 13.7. The van der Waals surface area contributed by atoms with Crippen LogP contribution in [0.2, 0.25) is 0 Å². The van der Waals surface area contributed by atoms with Crippen LogP contribution in [0.5, 0.6) is 5.75 Å². The molecule has 1 aliphatic heterocycles. The highest BCUT2D eigenvalue weighted by molar-refractivity contribution is 5.76. The van der Waals surface area contributed by atoms with Crippen LogP contribution >= 0.6 is 0 Å². The van der Waals surface area contributed by atoms with Crippen molar-refractivity contribution in [2.24, 2.45) is 0 Å². The van der Waals surface area contributed by atoms with Gasteiger partial charge in [-0.2, -0.15) is 0 Å². The van der Waals surface area contributed by atoms with Gasteiger partial charge in [0, 0.05) is 32.6 Å². The number of carbonyl (C=O) groups is 1. The van der Waals surface area contributed by atoms with E-state index in [1.807, 2.05) is 29.2 Å². The number of benzene rings is 1. The Kier molecular flexibility index (Phi) is 4.63. The van der Waals surface area contributed by atoms with Gasteiger partial charge in [-0.25, -0.2) is 0 Å². The van der Waals surface area contributed by atoms with Crippen LogP contribution in [-0.2, 0) is 4.79 Å². The molecule has 1 heterocycles. The van der Waals surface area contributed by atoms with Crippen molar-refractivity contribution in [3.63, 3.8) is 0 Å². The summed E-state index contributed by atoms with van der Waals surface area (Å²) in [5.74, 6) is 0.889. The number of hydrogen-bond acceptors (Lipinski definition) is 4. The van der Waals surface area contributed by atoms with Crippen LogP contribution in [-0.4, -0.2) is 55.8 Å². The van der Waals surface area contributed by atoms with E-state index in [2.05, 4.69) is 4.90 Å². The maximum atomic E-state index is 11.7. The molecular weight excluding hydrogens is 244 g/mol. The number of aliphatic hydroxyl groups is 1. The van der Waals surface area contributed by atoms with Gasteiger partial charge in [-0.15, -0.1) is 0 Å². The van der Waals surface area contributed by atoms with Crippen LogP contribution in [0.1, 0.15) is 6.42 Å². The molecule has 5 heteroatoms. The van der Waals surface area contributed by atoms with Gasteiger partial charge in [0.05, 0.1) is 19.4 Å². The zero-order valence-corrected chi connectivity index (χ0v) is 11.2. The van der Waals surface area contributed by atoms with Gasteiger partial charge in [-0.3, -0.25) is 4.79 Å². The van der Waals surface area contributed by atoms with Crippen molar-refractivity contribution in [1.82, 2.24) is 4.90 Å². The predicted molar refractivity (Wildman–Crippen MR) is 73.5 cm³/mol. The molecule has 0 atom stereocenters. The monoisotopic (exact) mass is 264 g/mol. The van der Waals surface area contributed by atoms with Crippen molar-refractivity contribution in [2.75, 3.05) is 44.8 Å². The smallest absolute Gasteiger partial charge is 0.225 e. The Balaban J connectivity index is 1.98. The zero-order valence-electron chi connectivity index (χ0n) is 11.2. The van der Waals surface area contributed by atoms with E-state index >= 15 is 0 Å². The maximum Gasteiger partial charge on any atom is 0.225 e. The van der Waals surface area contributed by atoms with Gasteiger partial charge in [0.15, 0.2) is 0 Å². The second kappa shape index (κ2) is 6.43. The summed E-state index contributed by atoms with van der Waals surface area (Å²) >= 11 is 0. The third-order valence-corrected chi connectivity index (χ3v) is 3.38. The van der Waals surface area contributed by atoms with Gasteiger partial charge >= 0.3 is 0 Å². The number of anilines is 1.